The van der Waals surface area contributed by atoms with E-state index in [1.54, 1.807) is 6.07 Å². The van der Waals surface area contributed by atoms with E-state index in [9.17, 15) is 4.39 Å². The first-order chi connectivity index (χ1) is 10.2. The fourth-order valence-corrected chi connectivity index (χ4v) is 3.74. The summed E-state index contributed by atoms with van der Waals surface area (Å²) in [5.41, 5.74) is 0.948. The third kappa shape index (κ3) is 5.24. The molecule has 2 unspecified atom stereocenters. The minimum Gasteiger partial charge on any atom is -0.309 e. The van der Waals surface area contributed by atoms with Crippen LogP contribution in [0.1, 0.15) is 38.4 Å². The fraction of sp³-hybridized carbons (Fsp3) is 0.688. The van der Waals surface area contributed by atoms with Crippen molar-refractivity contribution in [1.29, 1.82) is 0 Å². The molecule has 0 bridgehead atoms. The Labute approximate surface area is 131 Å². The largest absolute Gasteiger partial charge is 0.309 e. The lowest BCUT2D eigenvalue weighted by atomic mass is 10.1. The molecular weight excluding hydrogens is 285 g/mol. The molecule has 3 nitrogen and oxygen atoms in total. The van der Waals surface area contributed by atoms with Gasteiger partial charge >= 0.3 is 0 Å². The molecule has 2 atom stereocenters. The Hall–Kier alpha value is -0.650. The molecule has 1 N–H and O–H groups in total. The molecule has 1 aromatic heterocycles. The lowest BCUT2D eigenvalue weighted by Gasteiger charge is -2.34. The van der Waals surface area contributed by atoms with Crippen LogP contribution in [0.4, 0.5) is 4.39 Å². The molecule has 2 rings (SSSR count). The highest BCUT2D eigenvalue weighted by Gasteiger charge is 2.20. The van der Waals surface area contributed by atoms with E-state index < -0.39 is 0 Å². The SMILES string of the molecule is CCCNC(CCN1CCSCC1C)c1ccc(F)cn1. The topological polar surface area (TPSA) is 28.2 Å². The Kier molecular flexibility index (Phi) is 6.93. The van der Waals surface area contributed by atoms with Crippen LogP contribution in [0.2, 0.25) is 0 Å². The second-order valence-electron chi connectivity index (χ2n) is 5.66. The zero-order chi connectivity index (χ0) is 15.1. The molecule has 5 heteroatoms. The second kappa shape index (κ2) is 8.71. The third-order valence-electron chi connectivity index (χ3n) is 3.96. The maximum Gasteiger partial charge on any atom is 0.141 e. The van der Waals surface area contributed by atoms with Gasteiger partial charge in [0, 0.05) is 30.6 Å². The molecule has 2 heterocycles. The molecule has 0 saturated carbocycles. The Bertz CT molecular complexity index is 412. The van der Waals surface area contributed by atoms with Gasteiger partial charge in [0.15, 0.2) is 0 Å². The van der Waals surface area contributed by atoms with E-state index in [-0.39, 0.29) is 11.9 Å². The van der Waals surface area contributed by atoms with Gasteiger partial charge in [0.2, 0.25) is 0 Å². The lowest BCUT2D eigenvalue weighted by molar-refractivity contribution is 0.218. The number of rotatable bonds is 7. The molecule has 1 aliphatic heterocycles. The number of aromatic nitrogens is 1. The molecule has 0 spiro atoms. The monoisotopic (exact) mass is 311 g/mol. The average Bonchev–Trinajstić information content (AvgIpc) is 2.50. The van der Waals surface area contributed by atoms with Crippen LogP contribution in [0.5, 0.6) is 0 Å². The van der Waals surface area contributed by atoms with Gasteiger partial charge < -0.3 is 5.32 Å². The summed E-state index contributed by atoms with van der Waals surface area (Å²) in [7, 11) is 0. The van der Waals surface area contributed by atoms with Gasteiger partial charge in [-0.05, 0) is 38.4 Å². The number of pyridine rings is 1. The minimum absolute atomic E-state index is 0.215. The van der Waals surface area contributed by atoms with Crippen LogP contribution >= 0.6 is 11.8 Å². The minimum atomic E-state index is -0.269. The quantitative estimate of drug-likeness (QED) is 0.837. The van der Waals surface area contributed by atoms with Crippen LogP contribution in [0.15, 0.2) is 18.3 Å². The van der Waals surface area contributed by atoms with Crippen LogP contribution in [-0.2, 0) is 0 Å². The number of nitrogens with one attached hydrogen (secondary N) is 1. The first-order valence-electron chi connectivity index (χ1n) is 7.87. The van der Waals surface area contributed by atoms with Gasteiger partial charge in [0.25, 0.3) is 0 Å². The average molecular weight is 311 g/mol. The van der Waals surface area contributed by atoms with Gasteiger partial charge in [-0.3, -0.25) is 9.88 Å². The summed E-state index contributed by atoms with van der Waals surface area (Å²) in [5.74, 6) is 2.18. The molecule has 1 aliphatic rings. The Morgan fingerprint density at radius 1 is 1.52 bits per heavy atom. The van der Waals surface area contributed by atoms with Crippen molar-refractivity contribution >= 4 is 11.8 Å². The number of hydrogen-bond donors (Lipinski definition) is 1. The van der Waals surface area contributed by atoms with E-state index in [1.165, 1.54) is 30.3 Å². The summed E-state index contributed by atoms with van der Waals surface area (Å²) in [4.78, 5) is 6.81. The van der Waals surface area contributed by atoms with E-state index >= 15 is 0 Å². The summed E-state index contributed by atoms with van der Waals surface area (Å²) in [5, 5.41) is 3.54. The summed E-state index contributed by atoms with van der Waals surface area (Å²) >= 11 is 2.04. The Morgan fingerprint density at radius 3 is 3.05 bits per heavy atom. The highest BCUT2D eigenvalue weighted by atomic mass is 32.2. The normalized spacial score (nSPS) is 21.4. The summed E-state index contributed by atoms with van der Waals surface area (Å²) < 4.78 is 13.0. The Balaban J connectivity index is 1.94. The molecule has 0 amide bonds. The van der Waals surface area contributed by atoms with Gasteiger partial charge in [-0.2, -0.15) is 11.8 Å². The van der Waals surface area contributed by atoms with Gasteiger partial charge in [0.1, 0.15) is 5.82 Å². The number of thioether (sulfide) groups is 1. The van der Waals surface area contributed by atoms with Crippen molar-refractivity contribution in [3.05, 3.63) is 29.8 Å². The van der Waals surface area contributed by atoms with E-state index in [4.69, 9.17) is 0 Å². The number of hydrogen-bond acceptors (Lipinski definition) is 4. The van der Waals surface area contributed by atoms with Crippen molar-refractivity contribution < 1.29 is 4.39 Å². The molecule has 118 valence electrons. The molecule has 1 fully saturated rings. The second-order valence-corrected chi connectivity index (χ2v) is 6.81. The zero-order valence-electron chi connectivity index (χ0n) is 13.0. The molecule has 1 saturated heterocycles. The van der Waals surface area contributed by atoms with E-state index in [0.717, 1.165) is 31.6 Å². The van der Waals surface area contributed by atoms with E-state index in [2.05, 4.69) is 29.0 Å². The van der Waals surface area contributed by atoms with E-state index in [1.807, 2.05) is 11.8 Å². The van der Waals surface area contributed by atoms with Gasteiger partial charge in [-0.15, -0.1) is 0 Å². The summed E-state index contributed by atoms with van der Waals surface area (Å²) in [6, 6.07) is 4.17. The highest BCUT2D eigenvalue weighted by Crippen LogP contribution is 2.20. The third-order valence-corrected chi connectivity index (χ3v) is 5.15. The van der Waals surface area contributed by atoms with Crippen molar-refractivity contribution in [2.45, 2.75) is 38.8 Å². The van der Waals surface area contributed by atoms with Gasteiger partial charge in [0.05, 0.1) is 17.9 Å². The van der Waals surface area contributed by atoms with Crippen LogP contribution in [0.3, 0.4) is 0 Å². The predicted molar refractivity (Wildman–Crippen MR) is 88.2 cm³/mol. The van der Waals surface area contributed by atoms with Crippen LogP contribution in [0, 0.1) is 5.82 Å². The molecule has 1 aromatic rings. The van der Waals surface area contributed by atoms with E-state index in [0.29, 0.717) is 6.04 Å². The maximum atomic E-state index is 13.0. The zero-order valence-corrected chi connectivity index (χ0v) is 13.8. The number of halogens is 1. The molecule has 0 aliphatic carbocycles. The van der Waals surface area contributed by atoms with Crippen molar-refractivity contribution in [2.75, 3.05) is 31.1 Å². The predicted octanol–water partition coefficient (Wildman–Crippen LogP) is 3.09. The summed E-state index contributed by atoms with van der Waals surface area (Å²) in [6.07, 6.45) is 3.43. The van der Waals surface area contributed by atoms with Gasteiger partial charge in [-0.1, -0.05) is 6.92 Å². The standard InChI is InChI=1S/C16H26FN3S/c1-3-7-18-16(15-5-4-14(17)11-19-15)6-8-20-9-10-21-12-13(20)2/h4-5,11,13,16,18H,3,6-10,12H2,1-2H3. The van der Waals surface area contributed by atoms with Crippen LogP contribution in [0.25, 0.3) is 0 Å². The lowest BCUT2D eigenvalue weighted by Crippen LogP contribution is -2.42. The van der Waals surface area contributed by atoms with Crippen LogP contribution < -0.4 is 5.32 Å². The first kappa shape index (κ1) is 16.7. The van der Waals surface area contributed by atoms with Gasteiger partial charge in [-0.25, -0.2) is 4.39 Å². The maximum absolute atomic E-state index is 13.0. The van der Waals surface area contributed by atoms with Crippen LogP contribution in [-0.4, -0.2) is 47.1 Å². The molecule has 0 aromatic carbocycles. The van der Waals surface area contributed by atoms with Crippen molar-refractivity contribution in [2.24, 2.45) is 0 Å². The van der Waals surface area contributed by atoms with Crippen molar-refractivity contribution in [3.63, 3.8) is 0 Å². The van der Waals surface area contributed by atoms with Crippen molar-refractivity contribution in [1.82, 2.24) is 15.2 Å². The summed E-state index contributed by atoms with van der Waals surface area (Å²) in [6.45, 7) is 7.67. The van der Waals surface area contributed by atoms with Crippen molar-refractivity contribution in [3.8, 4) is 0 Å². The molecule has 0 radical (unpaired) electrons. The fourth-order valence-electron chi connectivity index (χ4n) is 2.66. The Morgan fingerprint density at radius 2 is 2.38 bits per heavy atom. The molecular formula is C16H26FN3S. The number of nitrogens with zero attached hydrogens (tertiary/aromatic N) is 2. The first-order valence-corrected chi connectivity index (χ1v) is 9.02. The smallest absolute Gasteiger partial charge is 0.141 e. The highest BCUT2D eigenvalue weighted by molar-refractivity contribution is 7.99. The molecule has 21 heavy (non-hydrogen) atoms.